The molecule has 158 valence electrons. The molecule has 2 aromatic rings. The highest BCUT2D eigenvalue weighted by Gasteiger charge is 2.28. The van der Waals surface area contributed by atoms with Gasteiger partial charge in [0.25, 0.3) is 0 Å². The number of hydrogen-bond donors (Lipinski definition) is 0. The number of fused-ring (bicyclic) bond motifs is 3. The van der Waals surface area contributed by atoms with Gasteiger partial charge in [0.1, 0.15) is 10.7 Å². The molecule has 6 nitrogen and oxygen atoms in total. The summed E-state index contributed by atoms with van der Waals surface area (Å²) in [6.07, 6.45) is 6.65. The molecule has 1 fully saturated rings. The maximum absolute atomic E-state index is 12.9. The van der Waals surface area contributed by atoms with Crippen LogP contribution in [0, 0.1) is 6.92 Å². The van der Waals surface area contributed by atoms with E-state index in [4.69, 9.17) is 0 Å². The number of thiophene rings is 1. The van der Waals surface area contributed by atoms with Gasteiger partial charge in [-0.05, 0) is 31.7 Å². The Morgan fingerprint density at radius 3 is 2.72 bits per heavy atom. The van der Waals surface area contributed by atoms with E-state index in [1.54, 1.807) is 11.3 Å². The van der Waals surface area contributed by atoms with Crippen LogP contribution in [0.15, 0.2) is 6.20 Å². The predicted octanol–water partition coefficient (Wildman–Crippen LogP) is 3.08. The summed E-state index contributed by atoms with van der Waals surface area (Å²) in [5, 5.41) is 1.20. The first-order valence-electron chi connectivity index (χ1n) is 11.1. The van der Waals surface area contributed by atoms with Gasteiger partial charge in [0.2, 0.25) is 5.91 Å². The lowest BCUT2D eigenvalue weighted by molar-refractivity contribution is -0.134. The summed E-state index contributed by atoms with van der Waals surface area (Å²) in [6.45, 7) is 12.6. The molecular formula is C22H33N5OS. The van der Waals surface area contributed by atoms with Gasteiger partial charge in [0.15, 0.2) is 0 Å². The third-order valence-corrected chi connectivity index (χ3v) is 7.56. The first kappa shape index (κ1) is 20.7. The summed E-state index contributed by atoms with van der Waals surface area (Å²) < 4.78 is 0. The van der Waals surface area contributed by atoms with E-state index in [0.717, 1.165) is 56.3 Å². The normalized spacial score (nSPS) is 19.5. The zero-order chi connectivity index (χ0) is 20.4. The summed E-state index contributed by atoms with van der Waals surface area (Å²) in [4.78, 5) is 31.3. The average molecular weight is 416 g/mol. The van der Waals surface area contributed by atoms with Crippen molar-refractivity contribution < 1.29 is 4.79 Å². The lowest BCUT2D eigenvalue weighted by Gasteiger charge is -2.40. The van der Waals surface area contributed by atoms with Gasteiger partial charge < -0.3 is 4.90 Å². The van der Waals surface area contributed by atoms with Crippen LogP contribution < -0.4 is 0 Å². The van der Waals surface area contributed by atoms with Crippen molar-refractivity contribution in [1.29, 1.82) is 0 Å². The van der Waals surface area contributed by atoms with Crippen LogP contribution >= 0.6 is 11.3 Å². The molecule has 0 aromatic carbocycles. The van der Waals surface area contributed by atoms with Crippen LogP contribution in [0.1, 0.15) is 49.4 Å². The first-order chi connectivity index (χ1) is 14.1. The number of aromatic nitrogens is 2. The van der Waals surface area contributed by atoms with Crippen molar-refractivity contribution in [2.45, 2.75) is 59.0 Å². The molecule has 29 heavy (non-hydrogen) atoms. The Balaban J connectivity index is 1.33. The molecule has 0 radical (unpaired) electrons. The van der Waals surface area contributed by atoms with E-state index in [9.17, 15) is 4.79 Å². The number of nitrogens with zero attached hydrogens (tertiary/aromatic N) is 5. The maximum atomic E-state index is 12.9. The molecule has 2 aromatic heterocycles. The summed E-state index contributed by atoms with van der Waals surface area (Å²) in [7, 11) is 0. The van der Waals surface area contributed by atoms with Crippen LogP contribution in [0.4, 0.5) is 0 Å². The van der Waals surface area contributed by atoms with Crippen molar-refractivity contribution in [2.24, 2.45) is 0 Å². The van der Waals surface area contributed by atoms with Crippen LogP contribution in [0.5, 0.6) is 0 Å². The summed E-state index contributed by atoms with van der Waals surface area (Å²) in [5.74, 6) is 1.11. The number of carbonyl (C=O) groups excluding carboxylic acids is 1. The quantitative estimate of drug-likeness (QED) is 0.726. The van der Waals surface area contributed by atoms with Crippen molar-refractivity contribution in [3.63, 3.8) is 0 Å². The van der Waals surface area contributed by atoms with Crippen LogP contribution in [-0.4, -0.2) is 75.9 Å². The van der Waals surface area contributed by atoms with Gasteiger partial charge in [-0.25, -0.2) is 9.97 Å². The Kier molecular flexibility index (Phi) is 6.47. The molecule has 7 heteroatoms. The summed E-state index contributed by atoms with van der Waals surface area (Å²) in [6, 6.07) is 0.678. The van der Waals surface area contributed by atoms with Gasteiger partial charge in [-0.15, -0.1) is 11.3 Å². The van der Waals surface area contributed by atoms with Crippen molar-refractivity contribution in [3.05, 3.63) is 22.5 Å². The van der Waals surface area contributed by atoms with Crippen LogP contribution in [0.3, 0.4) is 0 Å². The highest BCUT2D eigenvalue weighted by Crippen LogP contribution is 2.33. The van der Waals surface area contributed by atoms with Crippen LogP contribution in [0.25, 0.3) is 10.2 Å². The monoisotopic (exact) mass is 415 g/mol. The van der Waals surface area contributed by atoms with E-state index in [0.29, 0.717) is 12.6 Å². The topological polar surface area (TPSA) is 52.6 Å². The number of hydrogen-bond acceptors (Lipinski definition) is 6. The minimum atomic E-state index is 0.286. The minimum Gasteiger partial charge on any atom is -0.339 e. The third-order valence-electron chi connectivity index (χ3n) is 6.44. The molecule has 0 saturated carbocycles. The SMILES string of the molecule is CCCC(CC)N1CCN(C(=O)CN2CCc3c(sc4nc(C)ncc34)C2)CC1. The third kappa shape index (κ3) is 4.47. The van der Waals surface area contributed by atoms with Crippen LogP contribution in [-0.2, 0) is 17.8 Å². The molecule has 0 spiro atoms. The highest BCUT2D eigenvalue weighted by molar-refractivity contribution is 7.18. The van der Waals surface area contributed by atoms with E-state index in [-0.39, 0.29) is 5.91 Å². The Hall–Kier alpha value is -1.57. The fourth-order valence-corrected chi connectivity index (χ4v) is 6.04. The Morgan fingerprint density at radius 2 is 2.00 bits per heavy atom. The predicted molar refractivity (Wildman–Crippen MR) is 118 cm³/mol. The van der Waals surface area contributed by atoms with Crippen molar-refractivity contribution in [1.82, 2.24) is 24.7 Å². The molecule has 4 heterocycles. The summed E-state index contributed by atoms with van der Waals surface area (Å²) in [5.41, 5.74) is 1.39. The Labute approximate surface area is 177 Å². The fourth-order valence-electron chi connectivity index (χ4n) is 4.76. The van der Waals surface area contributed by atoms with Gasteiger partial charge in [-0.1, -0.05) is 20.3 Å². The molecule has 1 atom stereocenters. The Bertz CT molecular complexity index is 858. The molecule has 0 N–H and O–H groups in total. The molecule has 4 rings (SSSR count). The van der Waals surface area contributed by atoms with Gasteiger partial charge in [-0.2, -0.15) is 0 Å². The lowest BCUT2D eigenvalue weighted by Crippen LogP contribution is -2.53. The second-order valence-electron chi connectivity index (χ2n) is 8.37. The highest BCUT2D eigenvalue weighted by atomic mass is 32.1. The van der Waals surface area contributed by atoms with Crippen molar-refractivity contribution in [3.8, 4) is 0 Å². The van der Waals surface area contributed by atoms with E-state index >= 15 is 0 Å². The van der Waals surface area contributed by atoms with Crippen molar-refractivity contribution >= 4 is 27.5 Å². The van der Waals surface area contributed by atoms with E-state index in [2.05, 4.69) is 38.5 Å². The Morgan fingerprint density at radius 1 is 1.21 bits per heavy atom. The molecule has 1 amide bonds. The molecule has 1 unspecified atom stereocenters. The number of carbonyl (C=O) groups is 1. The minimum absolute atomic E-state index is 0.286. The van der Waals surface area contributed by atoms with Gasteiger partial charge >= 0.3 is 0 Å². The van der Waals surface area contributed by atoms with Gasteiger partial charge in [-0.3, -0.25) is 14.6 Å². The smallest absolute Gasteiger partial charge is 0.236 e. The molecular weight excluding hydrogens is 382 g/mol. The number of piperazine rings is 1. The van der Waals surface area contributed by atoms with Crippen molar-refractivity contribution in [2.75, 3.05) is 39.3 Å². The molecule has 0 aliphatic carbocycles. The van der Waals surface area contributed by atoms with Gasteiger partial charge in [0, 0.05) is 61.8 Å². The number of aryl methyl sites for hydroxylation is 1. The molecule has 2 aliphatic heterocycles. The zero-order valence-corrected chi connectivity index (χ0v) is 18.8. The fraction of sp³-hybridized carbons (Fsp3) is 0.682. The van der Waals surface area contributed by atoms with Crippen LogP contribution in [0.2, 0.25) is 0 Å². The van der Waals surface area contributed by atoms with E-state index < -0.39 is 0 Å². The average Bonchev–Trinajstić information content (AvgIpc) is 3.08. The van der Waals surface area contributed by atoms with E-state index in [1.807, 2.05) is 13.1 Å². The largest absolute Gasteiger partial charge is 0.339 e. The van der Waals surface area contributed by atoms with E-state index in [1.165, 1.54) is 35.1 Å². The first-order valence-corrected chi connectivity index (χ1v) is 11.9. The number of amides is 1. The molecule has 1 saturated heterocycles. The zero-order valence-electron chi connectivity index (χ0n) is 18.0. The standard InChI is InChI=1S/C22H33N5OS/c1-4-6-17(5-2)26-9-11-27(12-10-26)21(28)15-25-8-7-18-19-13-23-16(3)24-22(19)29-20(18)14-25/h13,17H,4-12,14-15H2,1-3H3. The molecule has 0 bridgehead atoms. The second-order valence-corrected chi connectivity index (χ2v) is 9.45. The van der Waals surface area contributed by atoms with Gasteiger partial charge in [0.05, 0.1) is 6.54 Å². The summed E-state index contributed by atoms with van der Waals surface area (Å²) >= 11 is 1.77. The maximum Gasteiger partial charge on any atom is 0.236 e. The molecule has 2 aliphatic rings. The number of rotatable bonds is 6. The second kappa shape index (κ2) is 9.06. The lowest BCUT2D eigenvalue weighted by atomic mass is 10.1.